The highest BCUT2D eigenvalue weighted by molar-refractivity contribution is 7.08. The van der Waals surface area contributed by atoms with Crippen LogP contribution < -0.4 is 0 Å². The van der Waals surface area contributed by atoms with Crippen LogP contribution in [0.3, 0.4) is 0 Å². The molecule has 0 N–H and O–H groups in total. The number of thiophene rings is 1. The minimum atomic E-state index is 0.772. The Labute approximate surface area is 87.0 Å². The zero-order valence-electron chi connectivity index (χ0n) is 7.86. The molecule has 0 fully saturated rings. The van der Waals surface area contributed by atoms with Crippen LogP contribution in [0.4, 0.5) is 0 Å². The van der Waals surface area contributed by atoms with Crippen molar-refractivity contribution >= 4 is 17.6 Å². The van der Waals surface area contributed by atoms with Gasteiger partial charge in [-0.25, -0.2) is 0 Å². The summed E-state index contributed by atoms with van der Waals surface area (Å²) in [4.78, 5) is 10.8. The fourth-order valence-corrected chi connectivity index (χ4v) is 2.17. The van der Waals surface area contributed by atoms with E-state index in [1.807, 2.05) is 30.5 Å². The van der Waals surface area contributed by atoms with E-state index in [9.17, 15) is 4.79 Å². The van der Waals surface area contributed by atoms with Gasteiger partial charge in [0.15, 0.2) is 0 Å². The van der Waals surface area contributed by atoms with Gasteiger partial charge in [0, 0.05) is 5.56 Å². The zero-order valence-corrected chi connectivity index (χ0v) is 8.67. The van der Waals surface area contributed by atoms with Crippen LogP contribution in [0, 0.1) is 6.92 Å². The minimum Gasteiger partial charge on any atom is -0.298 e. The van der Waals surface area contributed by atoms with E-state index in [1.165, 1.54) is 5.56 Å². The molecule has 0 atom stereocenters. The molecule has 0 spiro atoms. The van der Waals surface area contributed by atoms with Crippen molar-refractivity contribution in [3.63, 3.8) is 0 Å². The first-order valence-electron chi connectivity index (χ1n) is 4.40. The van der Waals surface area contributed by atoms with Crippen LogP contribution in [0.1, 0.15) is 15.9 Å². The zero-order chi connectivity index (χ0) is 9.97. The lowest BCUT2D eigenvalue weighted by atomic mass is 9.99. The third kappa shape index (κ3) is 1.49. The van der Waals surface area contributed by atoms with Crippen LogP contribution in [0.25, 0.3) is 11.1 Å². The summed E-state index contributed by atoms with van der Waals surface area (Å²) in [5.41, 5.74) is 4.17. The molecular weight excluding hydrogens is 192 g/mol. The van der Waals surface area contributed by atoms with Crippen LogP contribution in [0.5, 0.6) is 0 Å². The topological polar surface area (TPSA) is 17.1 Å². The van der Waals surface area contributed by atoms with Crippen molar-refractivity contribution in [2.45, 2.75) is 6.92 Å². The molecule has 0 aliphatic heterocycles. The maximum absolute atomic E-state index is 10.8. The van der Waals surface area contributed by atoms with E-state index >= 15 is 0 Å². The summed E-state index contributed by atoms with van der Waals surface area (Å²) in [5, 5.41) is 4.14. The van der Waals surface area contributed by atoms with Crippen LogP contribution >= 0.6 is 11.3 Å². The van der Waals surface area contributed by atoms with Gasteiger partial charge in [0.1, 0.15) is 6.29 Å². The molecular formula is C12H10OS. The van der Waals surface area contributed by atoms with Crippen LogP contribution in [0.2, 0.25) is 0 Å². The Bertz CT molecular complexity index is 443. The maximum atomic E-state index is 10.8. The van der Waals surface area contributed by atoms with Gasteiger partial charge in [-0.15, -0.1) is 0 Å². The Morgan fingerprint density at radius 2 is 2.14 bits per heavy atom. The number of hydrogen-bond acceptors (Lipinski definition) is 2. The van der Waals surface area contributed by atoms with Crippen molar-refractivity contribution in [1.29, 1.82) is 0 Å². The fraction of sp³-hybridized carbons (Fsp3) is 0.0833. The standard InChI is InChI=1S/C12H10OS/c1-9-10(7-13)3-2-4-12(9)11-5-6-14-8-11/h2-8H,1H3. The quantitative estimate of drug-likeness (QED) is 0.681. The molecule has 1 aromatic carbocycles. The molecule has 14 heavy (non-hydrogen) atoms. The van der Waals surface area contributed by atoms with Crippen LogP contribution in [-0.4, -0.2) is 6.29 Å². The van der Waals surface area contributed by atoms with Gasteiger partial charge in [0.05, 0.1) is 0 Å². The molecule has 0 saturated heterocycles. The van der Waals surface area contributed by atoms with E-state index in [4.69, 9.17) is 0 Å². The summed E-state index contributed by atoms with van der Waals surface area (Å²) in [6.07, 6.45) is 0.908. The first-order valence-corrected chi connectivity index (χ1v) is 5.34. The minimum absolute atomic E-state index is 0.772. The average molecular weight is 202 g/mol. The highest BCUT2D eigenvalue weighted by Gasteiger charge is 2.04. The average Bonchev–Trinajstić information content (AvgIpc) is 2.71. The highest BCUT2D eigenvalue weighted by atomic mass is 32.1. The van der Waals surface area contributed by atoms with Crippen molar-refractivity contribution in [2.75, 3.05) is 0 Å². The Morgan fingerprint density at radius 3 is 2.79 bits per heavy atom. The van der Waals surface area contributed by atoms with Crippen molar-refractivity contribution in [3.05, 3.63) is 46.2 Å². The molecule has 0 saturated carbocycles. The molecule has 70 valence electrons. The smallest absolute Gasteiger partial charge is 0.150 e. The Hall–Kier alpha value is -1.41. The lowest BCUT2D eigenvalue weighted by molar-refractivity contribution is 0.112. The molecule has 0 radical (unpaired) electrons. The first-order chi connectivity index (χ1) is 6.83. The second-order valence-corrected chi connectivity index (χ2v) is 3.93. The molecule has 1 nitrogen and oxygen atoms in total. The predicted octanol–water partition coefficient (Wildman–Crippen LogP) is 3.54. The SMILES string of the molecule is Cc1c(C=O)cccc1-c1ccsc1. The number of aldehydes is 1. The van der Waals surface area contributed by atoms with Crippen LogP contribution in [-0.2, 0) is 0 Å². The molecule has 2 heteroatoms. The Balaban J connectivity index is 2.60. The van der Waals surface area contributed by atoms with Gasteiger partial charge in [-0.2, -0.15) is 11.3 Å². The Morgan fingerprint density at radius 1 is 1.29 bits per heavy atom. The van der Waals surface area contributed by atoms with Crippen molar-refractivity contribution in [2.24, 2.45) is 0 Å². The number of benzene rings is 1. The second kappa shape index (κ2) is 3.76. The molecule has 0 bridgehead atoms. The van der Waals surface area contributed by atoms with Gasteiger partial charge in [0.25, 0.3) is 0 Å². The molecule has 0 aliphatic rings. The van der Waals surface area contributed by atoms with Crippen molar-refractivity contribution in [1.82, 2.24) is 0 Å². The molecule has 2 aromatic rings. The van der Waals surface area contributed by atoms with Gasteiger partial charge < -0.3 is 0 Å². The van der Waals surface area contributed by atoms with Crippen LogP contribution in [0.15, 0.2) is 35.0 Å². The lowest BCUT2D eigenvalue weighted by Crippen LogP contribution is -1.88. The molecule has 0 aliphatic carbocycles. The van der Waals surface area contributed by atoms with Gasteiger partial charge in [0.2, 0.25) is 0 Å². The van der Waals surface area contributed by atoms with E-state index in [0.717, 1.165) is 23.0 Å². The second-order valence-electron chi connectivity index (χ2n) is 3.15. The van der Waals surface area contributed by atoms with E-state index in [0.29, 0.717) is 0 Å². The molecule has 1 aromatic heterocycles. The van der Waals surface area contributed by atoms with Crippen molar-refractivity contribution in [3.8, 4) is 11.1 Å². The lowest BCUT2D eigenvalue weighted by Gasteiger charge is -2.05. The van der Waals surface area contributed by atoms with E-state index in [-0.39, 0.29) is 0 Å². The summed E-state index contributed by atoms with van der Waals surface area (Å²) in [5.74, 6) is 0. The third-order valence-electron chi connectivity index (χ3n) is 2.33. The molecule has 2 rings (SSSR count). The van der Waals surface area contributed by atoms with Crippen molar-refractivity contribution < 1.29 is 4.79 Å². The van der Waals surface area contributed by atoms with Gasteiger partial charge in [-0.1, -0.05) is 18.2 Å². The largest absolute Gasteiger partial charge is 0.298 e. The first kappa shape index (κ1) is 9.16. The summed E-state index contributed by atoms with van der Waals surface area (Å²) >= 11 is 1.67. The Kier molecular flexibility index (Phi) is 2.46. The van der Waals surface area contributed by atoms with E-state index < -0.39 is 0 Å². The summed E-state index contributed by atoms with van der Waals surface area (Å²) in [6.45, 7) is 1.98. The van der Waals surface area contributed by atoms with E-state index in [1.54, 1.807) is 11.3 Å². The number of carbonyl (C=O) groups is 1. The normalized spacial score (nSPS) is 10.1. The number of carbonyl (C=O) groups excluding carboxylic acids is 1. The van der Waals surface area contributed by atoms with Gasteiger partial charge in [-0.05, 0) is 40.4 Å². The molecule has 1 heterocycles. The van der Waals surface area contributed by atoms with Gasteiger partial charge in [-0.3, -0.25) is 4.79 Å². The van der Waals surface area contributed by atoms with Gasteiger partial charge >= 0.3 is 0 Å². The summed E-state index contributed by atoms with van der Waals surface area (Å²) < 4.78 is 0. The predicted molar refractivity (Wildman–Crippen MR) is 59.9 cm³/mol. The van der Waals surface area contributed by atoms with E-state index in [2.05, 4.69) is 11.4 Å². The fourth-order valence-electron chi connectivity index (χ4n) is 1.51. The third-order valence-corrected chi connectivity index (χ3v) is 3.02. The monoisotopic (exact) mass is 202 g/mol. The highest BCUT2D eigenvalue weighted by Crippen LogP contribution is 2.26. The molecule has 0 amide bonds. The molecule has 0 unspecified atom stereocenters. The maximum Gasteiger partial charge on any atom is 0.150 e. The number of hydrogen-bond donors (Lipinski definition) is 0. The summed E-state index contributed by atoms with van der Waals surface area (Å²) in [6, 6.07) is 7.88. The summed E-state index contributed by atoms with van der Waals surface area (Å²) in [7, 11) is 0. The number of rotatable bonds is 2.